The molecule has 1 aromatic rings. The molecule has 0 saturated heterocycles. The predicted molar refractivity (Wildman–Crippen MR) is 71.3 cm³/mol. The molecule has 4 nitrogen and oxygen atoms in total. The van der Waals surface area contributed by atoms with Gasteiger partial charge in [0.25, 0.3) is 0 Å². The highest BCUT2D eigenvalue weighted by atomic mass is 32.1. The van der Waals surface area contributed by atoms with Gasteiger partial charge in [-0.1, -0.05) is 18.2 Å². The molecule has 0 unspecified atom stereocenters. The monoisotopic (exact) mass is 236 g/mol. The van der Waals surface area contributed by atoms with Crippen molar-refractivity contribution in [3.05, 3.63) is 35.4 Å². The lowest BCUT2D eigenvalue weighted by Gasteiger charge is -2.09. The number of hydrogen-bond donors (Lipinski definition) is 2. The molecule has 3 N–H and O–H groups in total. The fourth-order valence-electron chi connectivity index (χ4n) is 1.31. The molecule has 0 spiro atoms. The van der Waals surface area contributed by atoms with E-state index in [-0.39, 0.29) is 5.11 Å². The number of benzene rings is 1. The Morgan fingerprint density at radius 3 is 2.94 bits per heavy atom. The lowest BCUT2D eigenvalue weighted by molar-refractivity contribution is 0.402. The Balaban J connectivity index is 2.67. The summed E-state index contributed by atoms with van der Waals surface area (Å²) in [4.78, 5) is 2.11. The van der Waals surface area contributed by atoms with Crippen LogP contribution in [0.4, 0.5) is 0 Å². The van der Waals surface area contributed by atoms with Gasteiger partial charge in [-0.2, -0.15) is 5.10 Å². The van der Waals surface area contributed by atoms with Crippen molar-refractivity contribution in [1.29, 1.82) is 0 Å². The summed E-state index contributed by atoms with van der Waals surface area (Å²) in [6.45, 7) is 0.907. The van der Waals surface area contributed by atoms with Crippen LogP contribution in [0.15, 0.2) is 29.4 Å². The van der Waals surface area contributed by atoms with Crippen molar-refractivity contribution < 1.29 is 0 Å². The van der Waals surface area contributed by atoms with E-state index in [0.717, 1.165) is 12.1 Å². The molecule has 86 valence electrons. The van der Waals surface area contributed by atoms with Crippen LogP contribution in [0.5, 0.6) is 0 Å². The second kappa shape index (κ2) is 6.19. The van der Waals surface area contributed by atoms with Crippen molar-refractivity contribution in [3.8, 4) is 0 Å². The fraction of sp³-hybridized carbons (Fsp3) is 0.273. The van der Waals surface area contributed by atoms with E-state index in [1.54, 1.807) is 6.21 Å². The summed E-state index contributed by atoms with van der Waals surface area (Å²) in [7, 11) is 4.07. The molecular weight excluding hydrogens is 220 g/mol. The third kappa shape index (κ3) is 4.86. The lowest BCUT2D eigenvalue weighted by Crippen LogP contribution is -2.24. The first-order chi connectivity index (χ1) is 7.58. The summed E-state index contributed by atoms with van der Waals surface area (Å²) in [5.74, 6) is 0. The Morgan fingerprint density at radius 1 is 1.56 bits per heavy atom. The van der Waals surface area contributed by atoms with Crippen molar-refractivity contribution in [2.24, 2.45) is 10.8 Å². The summed E-state index contributed by atoms with van der Waals surface area (Å²) in [6.07, 6.45) is 1.69. The van der Waals surface area contributed by atoms with E-state index in [0.29, 0.717) is 0 Å². The molecule has 1 aromatic carbocycles. The van der Waals surface area contributed by atoms with Gasteiger partial charge in [0.15, 0.2) is 5.11 Å². The average molecular weight is 236 g/mol. The number of rotatable bonds is 4. The molecule has 0 radical (unpaired) electrons. The lowest BCUT2D eigenvalue weighted by atomic mass is 10.1. The van der Waals surface area contributed by atoms with Crippen LogP contribution in [0.25, 0.3) is 0 Å². The molecule has 0 bridgehead atoms. The third-order valence-electron chi connectivity index (χ3n) is 1.84. The number of hydrazone groups is 1. The van der Waals surface area contributed by atoms with Crippen LogP contribution in [0.1, 0.15) is 11.1 Å². The Hall–Kier alpha value is -1.46. The van der Waals surface area contributed by atoms with Crippen LogP contribution >= 0.6 is 12.2 Å². The third-order valence-corrected chi connectivity index (χ3v) is 1.93. The van der Waals surface area contributed by atoms with Gasteiger partial charge in [0.05, 0.1) is 6.21 Å². The molecular formula is C11H16N4S. The molecule has 16 heavy (non-hydrogen) atoms. The Morgan fingerprint density at radius 2 is 2.31 bits per heavy atom. The number of hydrogen-bond acceptors (Lipinski definition) is 3. The number of nitrogens with zero attached hydrogens (tertiary/aromatic N) is 2. The molecule has 1 rings (SSSR count). The molecule has 0 atom stereocenters. The van der Waals surface area contributed by atoms with Gasteiger partial charge in [0, 0.05) is 6.54 Å². The number of nitrogens with one attached hydrogen (secondary N) is 1. The average Bonchev–Trinajstić information content (AvgIpc) is 2.16. The molecule has 0 aliphatic heterocycles. The second-order valence-electron chi connectivity index (χ2n) is 3.72. The normalized spacial score (nSPS) is 10.9. The highest BCUT2D eigenvalue weighted by Crippen LogP contribution is 2.04. The molecule has 0 amide bonds. The van der Waals surface area contributed by atoms with E-state index in [1.807, 2.05) is 26.2 Å². The summed E-state index contributed by atoms with van der Waals surface area (Å²) >= 11 is 4.64. The van der Waals surface area contributed by atoms with Crippen molar-refractivity contribution >= 4 is 23.5 Å². The van der Waals surface area contributed by atoms with Crippen LogP contribution in [0.2, 0.25) is 0 Å². The molecule has 5 heteroatoms. The van der Waals surface area contributed by atoms with E-state index < -0.39 is 0 Å². The van der Waals surface area contributed by atoms with Crippen LogP contribution in [0.3, 0.4) is 0 Å². The quantitative estimate of drug-likeness (QED) is 0.463. The zero-order valence-corrected chi connectivity index (χ0v) is 10.3. The van der Waals surface area contributed by atoms with E-state index >= 15 is 0 Å². The zero-order chi connectivity index (χ0) is 12.0. The molecule has 0 aromatic heterocycles. The van der Waals surface area contributed by atoms with Crippen molar-refractivity contribution in [1.82, 2.24) is 10.3 Å². The first kappa shape index (κ1) is 12.6. The van der Waals surface area contributed by atoms with Gasteiger partial charge in [0.2, 0.25) is 0 Å². The van der Waals surface area contributed by atoms with E-state index in [2.05, 4.69) is 39.8 Å². The van der Waals surface area contributed by atoms with Gasteiger partial charge in [-0.05, 0) is 43.5 Å². The second-order valence-corrected chi connectivity index (χ2v) is 4.16. The minimum absolute atomic E-state index is 0.167. The number of nitrogens with two attached hydrogens (primary N) is 1. The summed E-state index contributed by atoms with van der Waals surface area (Å²) in [6, 6.07) is 8.13. The SMILES string of the molecule is CN(C)Cc1cccc(C=NNC(N)=S)c1. The van der Waals surface area contributed by atoms with Gasteiger partial charge in [-0.15, -0.1) is 0 Å². The minimum Gasteiger partial charge on any atom is -0.375 e. The van der Waals surface area contributed by atoms with Crippen LogP contribution in [0, 0.1) is 0 Å². The molecule has 0 aliphatic rings. The van der Waals surface area contributed by atoms with E-state index in [4.69, 9.17) is 5.73 Å². The fourth-order valence-corrected chi connectivity index (χ4v) is 1.36. The first-order valence-electron chi connectivity index (χ1n) is 4.90. The summed E-state index contributed by atoms with van der Waals surface area (Å²) in [5, 5.41) is 4.07. The van der Waals surface area contributed by atoms with Gasteiger partial charge in [-0.25, -0.2) is 0 Å². The highest BCUT2D eigenvalue weighted by Gasteiger charge is 1.95. The largest absolute Gasteiger partial charge is 0.375 e. The Bertz CT molecular complexity index is 387. The summed E-state index contributed by atoms with van der Waals surface area (Å²) in [5.41, 5.74) is 10.0. The topological polar surface area (TPSA) is 53.6 Å². The smallest absolute Gasteiger partial charge is 0.184 e. The van der Waals surface area contributed by atoms with Crippen molar-refractivity contribution in [2.45, 2.75) is 6.54 Å². The maximum absolute atomic E-state index is 5.25. The highest BCUT2D eigenvalue weighted by molar-refractivity contribution is 7.80. The number of thiocarbonyl (C=S) groups is 1. The molecule has 0 aliphatic carbocycles. The molecule has 0 saturated carbocycles. The van der Waals surface area contributed by atoms with Gasteiger partial charge < -0.3 is 10.6 Å². The van der Waals surface area contributed by atoms with E-state index in [9.17, 15) is 0 Å². The first-order valence-corrected chi connectivity index (χ1v) is 5.31. The standard InChI is InChI=1S/C11H16N4S/c1-15(2)8-10-5-3-4-9(6-10)7-13-14-11(12)16/h3-7H,8H2,1-2H3,(H3,12,14,16). The molecule has 0 fully saturated rings. The Labute approximate surface area is 101 Å². The van der Waals surface area contributed by atoms with Crippen molar-refractivity contribution in [3.63, 3.8) is 0 Å². The molecule has 0 heterocycles. The van der Waals surface area contributed by atoms with Crippen LogP contribution in [-0.4, -0.2) is 30.3 Å². The van der Waals surface area contributed by atoms with Crippen LogP contribution in [-0.2, 0) is 6.54 Å². The maximum Gasteiger partial charge on any atom is 0.184 e. The van der Waals surface area contributed by atoms with Gasteiger partial charge >= 0.3 is 0 Å². The van der Waals surface area contributed by atoms with Crippen LogP contribution < -0.4 is 11.2 Å². The van der Waals surface area contributed by atoms with Gasteiger partial charge in [-0.3, -0.25) is 5.43 Å². The Kier molecular flexibility index (Phi) is 4.88. The zero-order valence-electron chi connectivity index (χ0n) is 9.47. The van der Waals surface area contributed by atoms with E-state index in [1.165, 1.54) is 5.56 Å². The minimum atomic E-state index is 0.167. The predicted octanol–water partition coefficient (Wildman–Crippen LogP) is 0.915. The maximum atomic E-state index is 5.25. The van der Waals surface area contributed by atoms with Crippen molar-refractivity contribution in [2.75, 3.05) is 14.1 Å². The summed E-state index contributed by atoms with van der Waals surface area (Å²) < 4.78 is 0. The van der Waals surface area contributed by atoms with Gasteiger partial charge in [0.1, 0.15) is 0 Å².